The Labute approximate surface area is 266 Å². The average molecular weight is 677 g/mol. The van der Waals surface area contributed by atoms with Gasteiger partial charge >= 0.3 is 17.1 Å². The van der Waals surface area contributed by atoms with Crippen molar-refractivity contribution in [2.24, 2.45) is 0 Å². The molecule has 3 aromatic carbocycles. The lowest BCUT2D eigenvalue weighted by molar-refractivity contribution is -0.273. The molecule has 0 spiro atoms. The first kappa shape index (κ1) is 38.7. The summed E-state index contributed by atoms with van der Waals surface area (Å²) in [6, 6.07) is 27.8. The fraction of sp³-hybridized carbons (Fsp3) is 0.471. The van der Waals surface area contributed by atoms with Crippen LogP contribution in [0.15, 0.2) is 87.5 Å². The number of alkyl halides is 6. The van der Waals surface area contributed by atoms with Crippen LogP contribution in [0.2, 0.25) is 0 Å². The van der Waals surface area contributed by atoms with Crippen LogP contribution in [0, 0.1) is 0 Å². The fourth-order valence-corrected chi connectivity index (χ4v) is 6.63. The molecule has 0 radical (unpaired) electrons. The molecule has 0 saturated carbocycles. The second-order valence-corrected chi connectivity index (χ2v) is 17.5. The van der Waals surface area contributed by atoms with Gasteiger partial charge in [0.25, 0.3) is 0 Å². The minimum Gasteiger partial charge on any atom is -0.743 e. The van der Waals surface area contributed by atoms with Gasteiger partial charge < -0.3 is 4.55 Å². The normalized spacial score (nSPS) is 13.8. The standard InChI is InChI=1S/C30H39S.C4H4F6O3S/c1-28(2,3)22-10-16-25(17-11-22)31(26-18-12-23(13-19-26)29(4,5)6)27-20-14-24(15-21-27)30(7,8)9;1-2(5,6)3(7,8)4(9,10)14(11,12)13/h10-21H,1-9H3;1H3,(H,11,12,13)/q+1;/p-1. The summed E-state index contributed by atoms with van der Waals surface area (Å²) in [5, 5.41) is -6.35. The van der Waals surface area contributed by atoms with E-state index in [1.807, 2.05) is 0 Å². The molecule has 0 bridgehead atoms. The van der Waals surface area contributed by atoms with Gasteiger partial charge in [0.15, 0.2) is 24.8 Å². The van der Waals surface area contributed by atoms with Crippen molar-refractivity contribution in [1.82, 2.24) is 0 Å². The van der Waals surface area contributed by atoms with Gasteiger partial charge in [-0.05, 0) is 69.3 Å². The number of hydrogen-bond donors (Lipinski definition) is 0. The Hall–Kier alpha value is -2.50. The van der Waals surface area contributed by atoms with Crippen LogP contribution >= 0.6 is 0 Å². The molecule has 0 aliphatic rings. The maximum atomic E-state index is 12.1. The van der Waals surface area contributed by atoms with E-state index >= 15 is 0 Å². The van der Waals surface area contributed by atoms with E-state index in [4.69, 9.17) is 0 Å². The zero-order valence-corrected chi connectivity index (χ0v) is 28.9. The summed E-state index contributed by atoms with van der Waals surface area (Å²) in [5.74, 6) is -11.6. The molecule has 0 unspecified atom stereocenters. The molecule has 0 atom stereocenters. The van der Waals surface area contributed by atoms with Crippen LogP contribution < -0.4 is 0 Å². The van der Waals surface area contributed by atoms with Gasteiger partial charge in [0.1, 0.15) is 0 Å². The van der Waals surface area contributed by atoms with Crippen molar-refractivity contribution in [2.75, 3.05) is 0 Å². The summed E-state index contributed by atoms with van der Waals surface area (Å²) < 4.78 is 101. The summed E-state index contributed by atoms with van der Waals surface area (Å²) >= 11 is 0. The van der Waals surface area contributed by atoms with E-state index in [9.17, 15) is 39.3 Å². The molecule has 0 aliphatic heterocycles. The largest absolute Gasteiger partial charge is 0.743 e. The Morgan fingerprint density at radius 1 is 0.489 bits per heavy atom. The molecule has 250 valence electrons. The molecule has 0 fully saturated rings. The van der Waals surface area contributed by atoms with Crippen molar-refractivity contribution in [2.45, 2.75) is 117 Å². The smallest absolute Gasteiger partial charge is 0.402 e. The Bertz CT molecular complexity index is 1390. The van der Waals surface area contributed by atoms with Crippen molar-refractivity contribution in [3.63, 3.8) is 0 Å². The maximum absolute atomic E-state index is 12.1. The first-order chi connectivity index (χ1) is 20.0. The Kier molecular flexibility index (Phi) is 11.1. The van der Waals surface area contributed by atoms with Gasteiger partial charge in [-0.25, -0.2) is 8.42 Å². The van der Waals surface area contributed by atoms with Gasteiger partial charge in [0, 0.05) is 6.92 Å². The van der Waals surface area contributed by atoms with Crippen LogP contribution in [-0.4, -0.2) is 30.1 Å². The van der Waals surface area contributed by atoms with Crippen LogP contribution in [0.4, 0.5) is 26.3 Å². The van der Waals surface area contributed by atoms with E-state index < -0.39 is 34.1 Å². The van der Waals surface area contributed by atoms with Crippen molar-refractivity contribution in [1.29, 1.82) is 0 Å². The van der Waals surface area contributed by atoms with E-state index in [0.717, 1.165) is 0 Å². The molecular weight excluding hydrogens is 634 g/mol. The number of halogens is 6. The number of rotatable bonds is 6. The van der Waals surface area contributed by atoms with Crippen LogP contribution in [0.25, 0.3) is 0 Å². The minimum absolute atomic E-state index is 0.120. The SMILES string of the molecule is CC(C)(C)c1ccc([S+](c2ccc(C(C)(C)C)cc2)c2ccc(C(C)(C)C)cc2)cc1.CC(F)(F)C(F)(F)C(F)(F)S(=O)(=O)[O-]. The fourth-order valence-electron chi connectivity index (χ4n) is 4.09. The summed E-state index contributed by atoms with van der Waals surface area (Å²) in [5.41, 5.74) is 4.64. The first-order valence-corrected chi connectivity index (χ1v) is 16.8. The zero-order valence-electron chi connectivity index (χ0n) is 27.2. The number of benzene rings is 3. The highest BCUT2D eigenvalue weighted by atomic mass is 32.2. The van der Waals surface area contributed by atoms with E-state index in [2.05, 4.69) is 135 Å². The predicted molar refractivity (Wildman–Crippen MR) is 168 cm³/mol. The molecule has 0 amide bonds. The molecule has 0 saturated heterocycles. The van der Waals surface area contributed by atoms with Crippen LogP contribution in [0.1, 0.15) is 85.9 Å². The third kappa shape index (κ3) is 9.07. The molecular formula is C34H42F6O3S2. The van der Waals surface area contributed by atoms with Crippen molar-refractivity contribution in [3.8, 4) is 0 Å². The van der Waals surface area contributed by atoms with Crippen molar-refractivity contribution >= 4 is 21.0 Å². The lowest BCUT2D eigenvalue weighted by Crippen LogP contribution is -2.56. The predicted octanol–water partition coefficient (Wildman–Crippen LogP) is 10.1. The highest BCUT2D eigenvalue weighted by Crippen LogP contribution is 2.47. The second kappa shape index (κ2) is 13.0. The summed E-state index contributed by atoms with van der Waals surface area (Å²) in [7, 11) is -6.98. The van der Waals surface area contributed by atoms with Crippen LogP contribution in [-0.2, 0) is 37.3 Å². The number of hydrogen-bond acceptors (Lipinski definition) is 3. The Balaban J connectivity index is 0.000000426. The molecule has 0 heterocycles. The Morgan fingerprint density at radius 3 is 0.844 bits per heavy atom. The van der Waals surface area contributed by atoms with Gasteiger partial charge in [-0.2, -0.15) is 26.3 Å². The van der Waals surface area contributed by atoms with Crippen molar-refractivity contribution in [3.05, 3.63) is 89.5 Å². The molecule has 0 aromatic heterocycles. The van der Waals surface area contributed by atoms with E-state index in [1.54, 1.807) is 0 Å². The zero-order chi connectivity index (χ0) is 35.0. The molecule has 0 aliphatic carbocycles. The first-order valence-electron chi connectivity index (χ1n) is 14.2. The average Bonchev–Trinajstić information content (AvgIpc) is 2.87. The van der Waals surface area contributed by atoms with Crippen LogP contribution in [0.5, 0.6) is 0 Å². The van der Waals surface area contributed by atoms with Gasteiger partial charge in [-0.3, -0.25) is 0 Å². The van der Waals surface area contributed by atoms with E-state index in [1.165, 1.54) is 31.4 Å². The third-order valence-electron chi connectivity index (χ3n) is 7.10. The highest BCUT2D eigenvalue weighted by molar-refractivity contribution is 7.97. The molecule has 45 heavy (non-hydrogen) atoms. The summed E-state index contributed by atoms with van der Waals surface area (Å²) in [6.45, 7) is 19.9. The lowest BCUT2D eigenvalue weighted by Gasteiger charge is -2.31. The van der Waals surface area contributed by atoms with Crippen molar-refractivity contribution < 1.29 is 39.3 Å². The topological polar surface area (TPSA) is 57.2 Å². The molecule has 11 heteroatoms. The lowest BCUT2D eigenvalue weighted by atomic mass is 9.87. The highest BCUT2D eigenvalue weighted by Gasteiger charge is 2.72. The second-order valence-electron chi connectivity index (χ2n) is 14.1. The molecule has 3 aromatic rings. The third-order valence-corrected chi connectivity index (χ3v) is 10.2. The maximum Gasteiger partial charge on any atom is 0.402 e. The van der Waals surface area contributed by atoms with Gasteiger partial charge in [0.2, 0.25) is 0 Å². The monoisotopic (exact) mass is 676 g/mol. The van der Waals surface area contributed by atoms with E-state index in [-0.39, 0.29) is 27.1 Å². The Morgan fingerprint density at radius 2 is 0.711 bits per heavy atom. The quantitative estimate of drug-likeness (QED) is 0.148. The van der Waals surface area contributed by atoms with E-state index in [0.29, 0.717) is 0 Å². The summed E-state index contributed by atoms with van der Waals surface area (Å²) in [4.78, 5) is 4.13. The van der Waals surface area contributed by atoms with Gasteiger partial charge in [0.05, 0.1) is 10.9 Å². The van der Waals surface area contributed by atoms with Crippen LogP contribution in [0.3, 0.4) is 0 Å². The van der Waals surface area contributed by atoms with Gasteiger partial charge in [-0.1, -0.05) is 98.7 Å². The summed E-state index contributed by atoms with van der Waals surface area (Å²) in [6.07, 6.45) is 0. The molecule has 3 nitrogen and oxygen atoms in total. The molecule has 0 N–H and O–H groups in total. The molecule has 3 rings (SSSR count). The minimum atomic E-state index is -6.86. The van der Waals surface area contributed by atoms with Gasteiger partial charge in [-0.15, -0.1) is 0 Å².